The van der Waals surface area contributed by atoms with Gasteiger partial charge in [0.2, 0.25) is 0 Å². The zero-order valence-corrected chi connectivity index (χ0v) is 13.6. The molecule has 1 aromatic heterocycles. The molecule has 0 saturated carbocycles. The summed E-state index contributed by atoms with van der Waals surface area (Å²) < 4.78 is 5.77. The van der Waals surface area contributed by atoms with E-state index in [-0.39, 0.29) is 5.92 Å². The highest BCUT2D eigenvalue weighted by Gasteiger charge is 2.25. The first kappa shape index (κ1) is 16.5. The summed E-state index contributed by atoms with van der Waals surface area (Å²) in [5.41, 5.74) is 2.26. The fourth-order valence-electron chi connectivity index (χ4n) is 3.00. The third-order valence-corrected chi connectivity index (χ3v) is 4.34. The predicted molar refractivity (Wildman–Crippen MR) is 90.6 cm³/mol. The summed E-state index contributed by atoms with van der Waals surface area (Å²) in [4.78, 5) is 17.3. The molecular formula is C19H22N2O3. The Kier molecular flexibility index (Phi) is 5.43. The van der Waals surface area contributed by atoms with Crippen LogP contribution in [0.4, 0.5) is 0 Å². The Bertz CT molecular complexity index is 658. The van der Waals surface area contributed by atoms with Crippen LogP contribution in [0.5, 0.6) is 5.75 Å². The van der Waals surface area contributed by atoms with E-state index < -0.39 is 5.97 Å². The first-order valence-electron chi connectivity index (χ1n) is 8.26. The number of carboxylic acid groups (broad SMARTS) is 1. The minimum absolute atomic E-state index is 0.235. The second-order valence-electron chi connectivity index (χ2n) is 6.20. The van der Waals surface area contributed by atoms with E-state index in [0.717, 1.165) is 37.2 Å². The van der Waals surface area contributed by atoms with Crippen LogP contribution in [-0.4, -0.2) is 34.0 Å². The van der Waals surface area contributed by atoms with Crippen molar-refractivity contribution >= 4 is 5.97 Å². The van der Waals surface area contributed by atoms with E-state index in [4.69, 9.17) is 9.84 Å². The van der Waals surface area contributed by atoms with Gasteiger partial charge in [-0.1, -0.05) is 12.1 Å². The van der Waals surface area contributed by atoms with Gasteiger partial charge < -0.3 is 9.84 Å². The van der Waals surface area contributed by atoms with E-state index in [1.165, 1.54) is 5.56 Å². The second-order valence-corrected chi connectivity index (χ2v) is 6.20. The monoisotopic (exact) mass is 326 g/mol. The van der Waals surface area contributed by atoms with Crippen molar-refractivity contribution in [1.82, 2.24) is 9.88 Å². The highest BCUT2D eigenvalue weighted by atomic mass is 16.5. The lowest BCUT2D eigenvalue weighted by Gasteiger charge is -2.30. The van der Waals surface area contributed by atoms with Gasteiger partial charge in [0.05, 0.1) is 5.92 Å². The van der Waals surface area contributed by atoms with Gasteiger partial charge in [0.25, 0.3) is 0 Å². The molecule has 2 heterocycles. The number of hydrogen-bond donors (Lipinski definition) is 1. The minimum Gasteiger partial charge on any atom is -0.489 e. The van der Waals surface area contributed by atoms with Gasteiger partial charge >= 0.3 is 5.97 Å². The van der Waals surface area contributed by atoms with Gasteiger partial charge in [-0.2, -0.15) is 0 Å². The summed E-state index contributed by atoms with van der Waals surface area (Å²) in [5.74, 6) is -0.0844. The highest BCUT2D eigenvalue weighted by molar-refractivity contribution is 5.70. The summed E-state index contributed by atoms with van der Waals surface area (Å²) in [6.07, 6.45) is 5.24. The maximum Gasteiger partial charge on any atom is 0.307 e. The van der Waals surface area contributed by atoms with Crippen molar-refractivity contribution in [3.63, 3.8) is 0 Å². The quantitative estimate of drug-likeness (QED) is 0.884. The standard InChI is InChI=1S/C19H22N2O3/c22-19(23)17-2-1-11-21(13-17)12-15-3-5-18(6-4-15)24-14-16-7-9-20-10-8-16/h3-10,17H,1-2,11-14H2,(H,22,23). The molecule has 24 heavy (non-hydrogen) atoms. The SMILES string of the molecule is O=C(O)C1CCCN(Cc2ccc(OCc3ccncc3)cc2)C1. The Morgan fingerprint density at radius 3 is 2.62 bits per heavy atom. The fraction of sp³-hybridized carbons (Fsp3) is 0.368. The zero-order valence-electron chi connectivity index (χ0n) is 13.6. The normalized spacial score (nSPS) is 18.2. The molecule has 1 N–H and O–H groups in total. The van der Waals surface area contributed by atoms with Crippen LogP contribution < -0.4 is 4.74 Å². The molecule has 2 aromatic rings. The molecule has 5 heteroatoms. The molecule has 0 bridgehead atoms. The lowest BCUT2D eigenvalue weighted by Crippen LogP contribution is -2.38. The first-order chi connectivity index (χ1) is 11.7. The number of aliphatic carboxylic acids is 1. The van der Waals surface area contributed by atoms with E-state index in [0.29, 0.717) is 13.2 Å². The van der Waals surface area contributed by atoms with Crippen LogP contribution in [0, 0.1) is 5.92 Å². The number of rotatable bonds is 6. The molecule has 1 unspecified atom stereocenters. The van der Waals surface area contributed by atoms with Crippen molar-refractivity contribution in [1.29, 1.82) is 0 Å². The second kappa shape index (κ2) is 7.93. The molecule has 5 nitrogen and oxygen atoms in total. The molecule has 1 aliphatic rings. The molecule has 1 saturated heterocycles. The summed E-state index contributed by atoms with van der Waals surface area (Å²) in [5, 5.41) is 9.16. The number of piperidine rings is 1. The summed E-state index contributed by atoms with van der Waals surface area (Å²) in [6, 6.07) is 11.9. The van der Waals surface area contributed by atoms with Gasteiger partial charge in [0.1, 0.15) is 12.4 Å². The lowest BCUT2D eigenvalue weighted by atomic mass is 9.98. The van der Waals surface area contributed by atoms with Gasteiger partial charge in [-0.25, -0.2) is 0 Å². The number of benzene rings is 1. The van der Waals surface area contributed by atoms with Crippen molar-refractivity contribution in [2.24, 2.45) is 5.92 Å². The van der Waals surface area contributed by atoms with Crippen molar-refractivity contribution in [2.75, 3.05) is 13.1 Å². The molecule has 1 atom stereocenters. The van der Waals surface area contributed by atoms with Crippen molar-refractivity contribution in [3.8, 4) is 5.75 Å². The lowest BCUT2D eigenvalue weighted by molar-refractivity contribution is -0.143. The molecule has 0 aliphatic carbocycles. The molecule has 0 amide bonds. The van der Waals surface area contributed by atoms with Crippen LogP contribution in [0.15, 0.2) is 48.8 Å². The summed E-state index contributed by atoms with van der Waals surface area (Å²) >= 11 is 0. The first-order valence-corrected chi connectivity index (χ1v) is 8.26. The number of pyridine rings is 1. The third-order valence-electron chi connectivity index (χ3n) is 4.34. The summed E-state index contributed by atoms with van der Waals surface area (Å²) in [7, 11) is 0. The van der Waals surface area contributed by atoms with Gasteiger partial charge in [0.15, 0.2) is 0 Å². The van der Waals surface area contributed by atoms with Crippen LogP contribution in [0.3, 0.4) is 0 Å². The van der Waals surface area contributed by atoms with Gasteiger partial charge in [-0.05, 0) is 54.8 Å². The fourth-order valence-corrected chi connectivity index (χ4v) is 3.00. The number of likely N-dealkylation sites (tertiary alicyclic amines) is 1. The van der Waals surface area contributed by atoms with Gasteiger partial charge in [0, 0.05) is 25.5 Å². The van der Waals surface area contributed by atoms with Crippen molar-refractivity contribution in [3.05, 3.63) is 59.9 Å². The van der Waals surface area contributed by atoms with Crippen LogP contribution >= 0.6 is 0 Å². The molecular weight excluding hydrogens is 304 g/mol. The van der Waals surface area contributed by atoms with E-state index in [1.54, 1.807) is 12.4 Å². The Morgan fingerprint density at radius 1 is 1.17 bits per heavy atom. The van der Waals surface area contributed by atoms with E-state index in [2.05, 4.69) is 9.88 Å². The van der Waals surface area contributed by atoms with Crippen molar-refractivity contribution in [2.45, 2.75) is 26.0 Å². The largest absolute Gasteiger partial charge is 0.489 e. The Labute approximate surface area is 141 Å². The number of carboxylic acids is 1. The van der Waals surface area contributed by atoms with Crippen LogP contribution in [0.1, 0.15) is 24.0 Å². The van der Waals surface area contributed by atoms with E-state index in [9.17, 15) is 4.79 Å². The molecule has 0 radical (unpaired) electrons. The molecule has 0 spiro atoms. The van der Waals surface area contributed by atoms with Crippen LogP contribution in [-0.2, 0) is 17.9 Å². The molecule has 1 fully saturated rings. The van der Waals surface area contributed by atoms with Crippen LogP contribution in [0.2, 0.25) is 0 Å². The Morgan fingerprint density at radius 2 is 1.92 bits per heavy atom. The van der Waals surface area contributed by atoms with Crippen LogP contribution in [0.25, 0.3) is 0 Å². The average molecular weight is 326 g/mol. The molecule has 3 rings (SSSR count). The number of hydrogen-bond acceptors (Lipinski definition) is 4. The van der Waals surface area contributed by atoms with Gasteiger partial charge in [-0.3, -0.25) is 14.7 Å². The zero-order chi connectivity index (χ0) is 16.8. The minimum atomic E-state index is -0.681. The number of carbonyl (C=O) groups is 1. The third kappa shape index (κ3) is 4.55. The number of nitrogens with zero attached hydrogens (tertiary/aromatic N) is 2. The molecule has 1 aromatic carbocycles. The number of ether oxygens (including phenoxy) is 1. The maximum absolute atomic E-state index is 11.1. The molecule has 1 aliphatic heterocycles. The highest BCUT2D eigenvalue weighted by Crippen LogP contribution is 2.20. The van der Waals surface area contributed by atoms with Gasteiger partial charge in [-0.15, -0.1) is 0 Å². The predicted octanol–water partition coefficient (Wildman–Crippen LogP) is 2.96. The average Bonchev–Trinajstić information content (AvgIpc) is 2.62. The number of aromatic nitrogens is 1. The smallest absolute Gasteiger partial charge is 0.307 e. The maximum atomic E-state index is 11.1. The topological polar surface area (TPSA) is 62.7 Å². The van der Waals surface area contributed by atoms with E-state index >= 15 is 0 Å². The summed E-state index contributed by atoms with van der Waals surface area (Å²) in [6.45, 7) is 2.91. The Balaban J connectivity index is 1.52. The van der Waals surface area contributed by atoms with Crippen molar-refractivity contribution < 1.29 is 14.6 Å². The Hall–Kier alpha value is -2.40. The molecule has 126 valence electrons. The van der Waals surface area contributed by atoms with E-state index in [1.807, 2.05) is 36.4 Å².